The van der Waals surface area contributed by atoms with Crippen molar-refractivity contribution in [2.24, 2.45) is 0 Å². The summed E-state index contributed by atoms with van der Waals surface area (Å²) in [6.07, 6.45) is 2.66. The van der Waals surface area contributed by atoms with Crippen molar-refractivity contribution in [2.45, 2.75) is 6.42 Å². The van der Waals surface area contributed by atoms with E-state index in [1.807, 2.05) is 17.5 Å². The monoisotopic (exact) mass is 219 g/mol. The van der Waals surface area contributed by atoms with Crippen LogP contribution in [0.3, 0.4) is 0 Å². The molecule has 0 saturated heterocycles. The van der Waals surface area contributed by atoms with E-state index in [4.69, 9.17) is 0 Å². The van der Waals surface area contributed by atoms with Crippen molar-refractivity contribution >= 4 is 23.4 Å². The molecule has 0 spiro atoms. The lowest BCUT2D eigenvalue weighted by molar-refractivity contribution is 0.0994. The fourth-order valence-corrected chi connectivity index (χ4v) is 2.02. The van der Waals surface area contributed by atoms with E-state index in [0.717, 1.165) is 4.88 Å². The molecule has 2 rings (SSSR count). The first-order valence-corrected chi connectivity index (χ1v) is 5.37. The highest BCUT2D eigenvalue weighted by Crippen LogP contribution is 2.13. The number of aldehydes is 1. The molecule has 0 aliphatic rings. The van der Waals surface area contributed by atoms with Crippen LogP contribution in [-0.2, 0) is 6.42 Å². The number of aromatic amines is 1. The molecule has 0 aliphatic heterocycles. The molecule has 0 atom stereocenters. The van der Waals surface area contributed by atoms with Crippen molar-refractivity contribution in [2.75, 3.05) is 0 Å². The van der Waals surface area contributed by atoms with E-state index < -0.39 is 0 Å². The Kier molecular flexibility index (Phi) is 2.78. The number of ketones is 1. The van der Waals surface area contributed by atoms with Gasteiger partial charge in [-0.05, 0) is 17.5 Å². The number of nitrogens with one attached hydrogen (secondary N) is 1. The van der Waals surface area contributed by atoms with Gasteiger partial charge in [0.15, 0.2) is 12.1 Å². The summed E-state index contributed by atoms with van der Waals surface area (Å²) >= 11 is 1.56. The Morgan fingerprint density at radius 2 is 2.40 bits per heavy atom. The predicted octanol–water partition coefficient (Wildman–Crippen LogP) is 2.31. The molecule has 0 radical (unpaired) electrons. The van der Waals surface area contributed by atoms with Crippen molar-refractivity contribution in [3.8, 4) is 0 Å². The first kappa shape index (κ1) is 9.86. The predicted molar refractivity (Wildman–Crippen MR) is 58.5 cm³/mol. The summed E-state index contributed by atoms with van der Waals surface area (Å²) in [6, 6.07) is 5.42. The van der Waals surface area contributed by atoms with Gasteiger partial charge in [0.25, 0.3) is 0 Å². The third-order valence-corrected chi connectivity index (χ3v) is 2.95. The molecular formula is C11H9NO2S. The Morgan fingerprint density at radius 1 is 1.53 bits per heavy atom. The highest BCUT2D eigenvalue weighted by atomic mass is 32.1. The van der Waals surface area contributed by atoms with Gasteiger partial charge in [-0.15, -0.1) is 11.3 Å². The lowest BCUT2D eigenvalue weighted by atomic mass is 10.1. The molecule has 0 unspecified atom stereocenters. The van der Waals surface area contributed by atoms with Crippen LogP contribution >= 0.6 is 11.3 Å². The van der Waals surface area contributed by atoms with Gasteiger partial charge in [-0.2, -0.15) is 0 Å². The maximum Gasteiger partial charge on any atom is 0.169 e. The summed E-state index contributed by atoms with van der Waals surface area (Å²) in [6.45, 7) is 0. The molecule has 2 aromatic heterocycles. The van der Waals surface area contributed by atoms with Crippen LogP contribution in [0.5, 0.6) is 0 Å². The van der Waals surface area contributed by atoms with Gasteiger partial charge in [0, 0.05) is 23.1 Å². The summed E-state index contributed by atoms with van der Waals surface area (Å²) in [4.78, 5) is 25.9. The van der Waals surface area contributed by atoms with Crippen LogP contribution in [0.25, 0.3) is 0 Å². The Labute approximate surface area is 90.8 Å². The summed E-state index contributed by atoms with van der Waals surface area (Å²) in [5.41, 5.74) is 0.995. The summed E-state index contributed by atoms with van der Waals surface area (Å²) in [7, 11) is 0. The van der Waals surface area contributed by atoms with Crippen molar-refractivity contribution in [1.82, 2.24) is 4.98 Å². The number of rotatable bonds is 4. The van der Waals surface area contributed by atoms with Crippen LogP contribution in [0.4, 0.5) is 0 Å². The smallest absolute Gasteiger partial charge is 0.169 e. The van der Waals surface area contributed by atoms with Gasteiger partial charge in [-0.1, -0.05) is 6.07 Å². The van der Waals surface area contributed by atoms with Gasteiger partial charge in [-0.25, -0.2) is 0 Å². The molecule has 0 aliphatic carbocycles. The summed E-state index contributed by atoms with van der Waals surface area (Å²) in [5, 5.41) is 1.94. The fourth-order valence-electron chi connectivity index (χ4n) is 1.31. The lowest BCUT2D eigenvalue weighted by Gasteiger charge is -1.93. The molecule has 0 fully saturated rings. The minimum atomic E-state index is 0.0294. The van der Waals surface area contributed by atoms with E-state index in [9.17, 15) is 9.59 Å². The zero-order valence-corrected chi connectivity index (χ0v) is 8.71. The largest absolute Gasteiger partial charge is 0.358 e. The van der Waals surface area contributed by atoms with Crippen molar-refractivity contribution < 1.29 is 9.59 Å². The molecule has 2 aromatic rings. The van der Waals surface area contributed by atoms with Crippen LogP contribution in [0.1, 0.15) is 25.7 Å². The molecule has 0 bridgehead atoms. The number of aromatic nitrogens is 1. The summed E-state index contributed by atoms with van der Waals surface area (Å²) < 4.78 is 0. The first-order chi connectivity index (χ1) is 7.29. The second-order valence-electron chi connectivity index (χ2n) is 3.14. The zero-order chi connectivity index (χ0) is 10.7. The van der Waals surface area contributed by atoms with E-state index >= 15 is 0 Å². The van der Waals surface area contributed by atoms with Crippen LogP contribution < -0.4 is 0 Å². The molecule has 76 valence electrons. The Bertz CT molecular complexity index is 471. The SMILES string of the molecule is O=Cc1cc(C(=O)Cc2cccs2)c[nH]1. The van der Waals surface area contributed by atoms with Crippen LogP contribution in [0, 0.1) is 0 Å². The van der Waals surface area contributed by atoms with Gasteiger partial charge in [0.05, 0.1) is 5.69 Å². The molecule has 3 nitrogen and oxygen atoms in total. The van der Waals surface area contributed by atoms with E-state index in [0.29, 0.717) is 24.0 Å². The quantitative estimate of drug-likeness (QED) is 0.633. The number of thiophene rings is 1. The first-order valence-electron chi connectivity index (χ1n) is 4.49. The second-order valence-corrected chi connectivity index (χ2v) is 4.17. The highest BCUT2D eigenvalue weighted by Gasteiger charge is 2.09. The molecule has 2 heterocycles. The van der Waals surface area contributed by atoms with Crippen molar-refractivity contribution in [3.05, 3.63) is 45.9 Å². The van der Waals surface area contributed by atoms with Crippen LogP contribution in [0.15, 0.2) is 29.8 Å². The van der Waals surface area contributed by atoms with E-state index in [1.54, 1.807) is 23.6 Å². The van der Waals surface area contributed by atoms with Crippen LogP contribution in [0.2, 0.25) is 0 Å². The lowest BCUT2D eigenvalue weighted by Crippen LogP contribution is -2.00. The van der Waals surface area contributed by atoms with E-state index in [1.165, 1.54) is 0 Å². The van der Waals surface area contributed by atoms with Gasteiger partial charge in [0.2, 0.25) is 0 Å². The fraction of sp³-hybridized carbons (Fsp3) is 0.0909. The molecule has 1 N–H and O–H groups in total. The normalized spacial score (nSPS) is 10.1. The van der Waals surface area contributed by atoms with Gasteiger partial charge < -0.3 is 4.98 Å². The summed E-state index contributed by atoms with van der Waals surface area (Å²) in [5.74, 6) is 0.0294. The third-order valence-electron chi connectivity index (χ3n) is 2.07. The minimum absolute atomic E-state index is 0.0294. The van der Waals surface area contributed by atoms with Gasteiger partial charge in [0.1, 0.15) is 0 Å². The minimum Gasteiger partial charge on any atom is -0.358 e. The molecule has 4 heteroatoms. The maximum absolute atomic E-state index is 11.7. The van der Waals surface area contributed by atoms with Gasteiger partial charge >= 0.3 is 0 Å². The number of hydrogen-bond donors (Lipinski definition) is 1. The third kappa shape index (κ3) is 2.22. The van der Waals surface area contributed by atoms with E-state index in [-0.39, 0.29) is 5.78 Å². The molecule has 15 heavy (non-hydrogen) atoms. The second kappa shape index (κ2) is 4.23. The topological polar surface area (TPSA) is 49.9 Å². The molecular weight excluding hydrogens is 210 g/mol. The number of H-pyrrole nitrogens is 1. The molecule has 0 saturated carbocycles. The van der Waals surface area contributed by atoms with Crippen molar-refractivity contribution in [1.29, 1.82) is 0 Å². The van der Waals surface area contributed by atoms with Crippen molar-refractivity contribution in [3.63, 3.8) is 0 Å². The Balaban J connectivity index is 2.11. The maximum atomic E-state index is 11.7. The average molecular weight is 219 g/mol. The standard InChI is InChI=1S/C11H9NO2S/c13-7-9-4-8(6-12-9)11(14)5-10-2-1-3-15-10/h1-4,6-7,12H,5H2. The molecule has 0 aromatic carbocycles. The highest BCUT2D eigenvalue weighted by molar-refractivity contribution is 7.10. The number of Topliss-reactive ketones (excluding diaryl/α,β-unsaturated/α-hetero) is 1. The Hall–Kier alpha value is -1.68. The number of carbonyl (C=O) groups excluding carboxylic acids is 2. The number of carbonyl (C=O) groups is 2. The molecule has 0 amide bonds. The van der Waals surface area contributed by atoms with E-state index in [2.05, 4.69) is 4.98 Å². The Morgan fingerprint density at radius 3 is 3.00 bits per heavy atom. The van der Waals surface area contributed by atoms with Gasteiger partial charge in [-0.3, -0.25) is 9.59 Å². The van der Waals surface area contributed by atoms with Crippen LogP contribution in [-0.4, -0.2) is 17.1 Å². The number of hydrogen-bond acceptors (Lipinski definition) is 3. The average Bonchev–Trinajstić information content (AvgIpc) is 2.86. The zero-order valence-electron chi connectivity index (χ0n) is 7.90.